The first kappa shape index (κ1) is 16.2. The lowest BCUT2D eigenvalue weighted by Crippen LogP contribution is -2.50. The Labute approximate surface area is 135 Å². The SMILES string of the molecule is C[C@H](Sc1ccc(Cl)cc1)C(=O)NC1(C#N)CCCCC1. The Hall–Kier alpha value is -1.18. The van der Waals surface area contributed by atoms with E-state index in [-0.39, 0.29) is 11.2 Å². The maximum absolute atomic E-state index is 12.3. The predicted octanol–water partition coefficient (Wildman–Crippen LogP) is 4.16. The number of hydrogen-bond donors (Lipinski definition) is 1. The second-order valence-electron chi connectivity index (χ2n) is 5.46. The van der Waals surface area contributed by atoms with Gasteiger partial charge in [-0.05, 0) is 44.0 Å². The Bertz CT molecular complexity index is 532. The minimum Gasteiger partial charge on any atom is -0.337 e. The number of amides is 1. The summed E-state index contributed by atoms with van der Waals surface area (Å²) in [7, 11) is 0. The van der Waals surface area contributed by atoms with Crippen molar-refractivity contribution in [3.63, 3.8) is 0 Å². The van der Waals surface area contributed by atoms with Crippen LogP contribution in [0.4, 0.5) is 0 Å². The molecule has 2 rings (SSSR count). The lowest BCUT2D eigenvalue weighted by Gasteiger charge is -2.32. The number of nitrogens with zero attached hydrogens (tertiary/aromatic N) is 1. The third-order valence-electron chi connectivity index (χ3n) is 3.78. The summed E-state index contributed by atoms with van der Waals surface area (Å²) < 4.78 is 0. The Morgan fingerprint density at radius 2 is 1.95 bits per heavy atom. The molecule has 1 fully saturated rings. The van der Waals surface area contributed by atoms with Gasteiger partial charge in [0.1, 0.15) is 5.54 Å². The van der Waals surface area contributed by atoms with Crippen LogP contribution in [0.25, 0.3) is 0 Å². The first-order chi connectivity index (χ1) is 10.0. The molecule has 5 heteroatoms. The molecule has 1 N–H and O–H groups in total. The molecule has 0 aromatic heterocycles. The van der Waals surface area contributed by atoms with E-state index in [4.69, 9.17) is 11.6 Å². The molecule has 0 radical (unpaired) electrons. The maximum Gasteiger partial charge on any atom is 0.234 e. The average molecular weight is 323 g/mol. The van der Waals surface area contributed by atoms with E-state index in [1.54, 1.807) is 0 Å². The molecule has 3 nitrogen and oxygen atoms in total. The predicted molar refractivity (Wildman–Crippen MR) is 86.3 cm³/mol. The van der Waals surface area contributed by atoms with Crippen LogP contribution in [0.1, 0.15) is 39.0 Å². The van der Waals surface area contributed by atoms with E-state index in [1.807, 2.05) is 31.2 Å². The molecule has 1 aromatic rings. The van der Waals surface area contributed by atoms with Gasteiger partial charge in [-0.2, -0.15) is 5.26 Å². The van der Waals surface area contributed by atoms with Crippen LogP contribution in [0.3, 0.4) is 0 Å². The second-order valence-corrected chi connectivity index (χ2v) is 7.31. The minimum atomic E-state index is -0.663. The van der Waals surface area contributed by atoms with Crippen LogP contribution in [0.5, 0.6) is 0 Å². The van der Waals surface area contributed by atoms with Crippen LogP contribution < -0.4 is 5.32 Å². The minimum absolute atomic E-state index is 0.0709. The first-order valence-corrected chi connectivity index (χ1v) is 8.46. The Kier molecular flexibility index (Phi) is 5.55. The fraction of sp³-hybridized carbons (Fsp3) is 0.500. The maximum atomic E-state index is 12.3. The van der Waals surface area contributed by atoms with Crippen molar-refractivity contribution in [3.8, 4) is 6.07 Å². The van der Waals surface area contributed by atoms with Gasteiger partial charge in [0.2, 0.25) is 5.91 Å². The van der Waals surface area contributed by atoms with Crippen LogP contribution >= 0.6 is 23.4 Å². The van der Waals surface area contributed by atoms with Gasteiger partial charge < -0.3 is 5.32 Å². The summed E-state index contributed by atoms with van der Waals surface area (Å²) in [6, 6.07) is 9.74. The molecule has 1 atom stereocenters. The van der Waals surface area contributed by atoms with E-state index >= 15 is 0 Å². The molecule has 112 valence electrons. The number of rotatable bonds is 4. The Balaban J connectivity index is 1.95. The van der Waals surface area contributed by atoms with Gasteiger partial charge >= 0.3 is 0 Å². The van der Waals surface area contributed by atoms with Gasteiger partial charge in [-0.25, -0.2) is 0 Å². The van der Waals surface area contributed by atoms with E-state index in [9.17, 15) is 10.1 Å². The first-order valence-electron chi connectivity index (χ1n) is 7.20. The van der Waals surface area contributed by atoms with E-state index < -0.39 is 5.54 Å². The van der Waals surface area contributed by atoms with E-state index in [0.717, 1.165) is 37.0 Å². The summed E-state index contributed by atoms with van der Waals surface area (Å²) in [5.41, 5.74) is -0.663. The Morgan fingerprint density at radius 1 is 1.33 bits per heavy atom. The molecular formula is C16H19ClN2OS. The fourth-order valence-electron chi connectivity index (χ4n) is 2.53. The number of nitriles is 1. The molecule has 1 saturated carbocycles. The molecule has 1 amide bonds. The van der Waals surface area contributed by atoms with Crippen molar-refractivity contribution in [2.45, 2.75) is 54.7 Å². The summed E-state index contributed by atoms with van der Waals surface area (Å²) in [5, 5.41) is 12.8. The van der Waals surface area contributed by atoms with Crippen LogP contribution in [-0.4, -0.2) is 16.7 Å². The molecule has 0 bridgehead atoms. The van der Waals surface area contributed by atoms with Gasteiger partial charge in [0, 0.05) is 9.92 Å². The van der Waals surface area contributed by atoms with Crippen LogP contribution in [0.15, 0.2) is 29.2 Å². The number of halogens is 1. The molecule has 21 heavy (non-hydrogen) atoms. The van der Waals surface area contributed by atoms with Gasteiger partial charge in [-0.15, -0.1) is 11.8 Å². The monoisotopic (exact) mass is 322 g/mol. The number of hydrogen-bond acceptors (Lipinski definition) is 3. The van der Waals surface area contributed by atoms with Gasteiger partial charge in [-0.1, -0.05) is 30.9 Å². The molecule has 0 unspecified atom stereocenters. The molecule has 1 aliphatic rings. The summed E-state index contributed by atoms with van der Waals surface area (Å²) in [6.45, 7) is 1.86. The van der Waals surface area contributed by atoms with Crippen molar-refractivity contribution >= 4 is 29.3 Å². The van der Waals surface area contributed by atoms with E-state index in [2.05, 4.69) is 11.4 Å². The normalized spacial score (nSPS) is 18.5. The number of thioether (sulfide) groups is 1. The molecular weight excluding hydrogens is 304 g/mol. The van der Waals surface area contributed by atoms with Gasteiger partial charge in [0.15, 0.2) is 0 Å². The van der Waals surface area contributed by atoms with Crippen molar-refractivity contribution in [1.82, 2.24) is 5.32 Å². The van der Waals surface area contributed by atoms with Crippen LogP contribution in [0.2, 0.25) is 5.02 Å². The summed E-state index contributed by atoms with van der Waals surface area (Å²) >= 11 is 7.33. The van der Waals surface area contributed by atoms with Crippen molar-refractivity contribution in [2.24, 2.45) is 0 Å². The number of nitrogens with one attached hydrogen (secondary N) is 1. The number of carbonyl (C=O) groups is 1. The summed E-state index contributed by atoms with van der Waals surface area (Å²) in [6.07, 6.45) is 4.68. The molecule has 0 spiro atoms. The zero-order valence-corrected chi connectivity index (χ0v) is 13.6. The van der Waals surface area contributed by atoms with Gasteiger partial charge in [0.05, 0.1) is 11.3 Å². The zero-order valence-electron chi connectivity index (χ0n) is 12.1. The lowest BCUT2D eigenvalue weighted by molar-refractivity contribution is -0.121. The highest BCUT2D eigenvalue weighted by atomic mass is 35.5. The van der Waals surface area contributed by atoms with Crippen molar-refractivity contribution in [3.05, 3.63) is 29.3 Å². The largest absolute Gasteiger partial charge is 0.337 e. The molecule has 0 heterocycles. The number of carbonyl (C=O) groups excluding carboxylic acids is 1. The smallest absolute Gasteiger partial charge is 0.234 e. The van der Waals surface area contributed by atoms with Crippen LogP contribution in [-0.2, 0) is 4.79 Å². The highest BCUT2D eigenvalue weighted by Gasteiger charge is 2.34. The summed E-state index contributed by atoms with van der Waals surface area (Å²) in [4.78, 5) is 13.3. The van der Waals surface area contributed by atoms with E-state index in [0.29, 0.717) is 5.02 Å². The quantitative estimate of drug-likeness (QED) is 0.847. The van der Waals surface area contributed by atoms with Gasteiger partial charge in [-0.3, -0.25) is 4.79 Å². The molecule has 1 aliphatic carbocycles. The van der Waals surface area contributed by atoms with E-state index in [1.165, 1.54) is 11.8 Å². The highest BCUT2D eigenvalue weighted by molar-refractivity contribution is 8.00. The van der Waals surface area contributed by atoms with Crippen LogP contribution in [0, 0.1) is 11.3 Å². The fourth-order valence-corrected chi connectivity index (χ4v) is 3.52. The van der Waals surface area contributed by atoms with Gasteiger partial charge in [0.25, 0.3) is 0 Å². The Morgan fingerprint density at radius 3 is 2.52 bits per heavy atom. The molecule has 1 aromatic carbocycles. The lowest BCUT2D eigenvalue weighted by atomic mass is 9.83. The zero-order chi connectivity index (χ0) is 15.3. The van der Waals surface area contributed by atoms with Crippen molar-refractivity contribution in [1.29, 1.82) is 5.26 Å². The second kappa shape index (κ2) is 7.20. The topological polar surface area (TPSA) is 52.9 Å². The molecule has 0 saturated heterocycles. The number of benzene rings is 1. The third kappa shape index (κ3) is 4.39. The highest BCUT2D eigenvalue weighted by Crippen LogP contribution is 2.29. The van der Waals surface area contributed by atoms with Crippen molar-refractivity contribution in [2.75, 3.05) is 0 Å². The third-order valence-corrected chi connectivity index (χ3v) is 5.14. The standard InChI is InChI=1S/C16H19ClN2OS/c1-12(21-14-7-5-13(17)6-8-14)15(20)19-16(11-18)9-3-2-4-10-16/h5-8,12H,2-4,9-10H2,1H3,(H,19,20)/t12-/m0/s1. The summed E-state index contributed by atoms with van der Waals surface area (Å²) in [5.74, 6) is -0.0709. The molecule has 0 aliphatic heterocycles. The van der Waals surface area contributed by atoms with Crippen molar-refractivity contribution < 1.29 is 4.79 Å². The average Bonchev–Trinajstić information content (AvgIpc) is 2.50.